The van der Waals surface area contributed by atoms with Gasteiger partial charge in [0.2, 0.25) is 11.8 Å². The number of nitrogens with two attached hydrogens (primary N) is 2. The minimum Gasteiger partial charge on any atom is -0.366 e. The molecule has 0 radical (unpaired) electrons. The van der Waals surface area contributed by atoms with Gasteiger partial charge in [-0.25, -0.2) is 0 Å². The highest BCUT2D eigenvalue weighted by molar-refractivity contribution is 6.11. The van der Waals surface area contributed by atoms with Crippen LogP contribution in [0.3, 0.4) is 0 Å². The molecule has 0 saturated carbocycles. The minimum absolute atomic E-state index is 0.382. The smallest absolute Gasteiger partial charge is 0.249 e. The van der Waals surface area contributed by atoms with E-state index in [0.717, 1.165) is 27.8 Å². The van der Waals surface area contributed by atoms with E-state index in [1.165, 1.54) is 0 Å². The minimum atomic E-state index is -0.542. The van der Waals surface area contributed by atoms with Crippen molar-refractivity contribution in [3.8, 4) is 22.3 Å². The summed E-state index contributed by atoms with van der Waals surface area (Å²) in [6, 6.07) is 7.73. The molecule has 0 spiro atoms. The van der Waals surface area contributed by atoms with Crippen LogP contribution in [0.2, 0.25) is 0 Å². The zero-order valence-corrected chi connectivity index (χ0v) is 11.3. The van der Waals surface area contributed by atoms with E-state index in [1.54, 1.807) is 6.92 Å². The first-order valence-corrected chi connectivity index (χ1v) is 6.31. The Morgan fingerprint density at radius 1 is 0.750 bits per heavy atom. The Kier molecular flexibility index (Phi) is 2.44. The molecule has 0 unspecified atom stereocenters. The van der Waals surface area contributed by atoms with E-state index in [4.69, 9.17) is 11.5 Å². The first-order chi connectivity index (χ1) is 9.43. The van der Waals surface area contributed by atoms with Crippen LogP contribution < -0.4 is 11.5 Å². The summed E-state index contributed by atoms with van der Waals surface area (Å²) >= 11 is 0. The Bertz CT molecular complexity index is 712. The Morgan fingerprint density at radius 3 is 1.40 bits per heavy atom. The lowest BCUT2D eigenvalue weighted by Gasteiger charge is -2.18. The van der Waals surface area contributed by atoms with E-state index >= 15 is 0 Å². The van der Waals surface area contributed by atoms with Crippen LogP contribution in [0.5, 0.6) is 0 Å². The van der Waals surface area contributed by atoms with Gasteiger partial charge >= 0.3 is 0 Å². The highest BCUT2D eigenvalue weighted by atomic mass is 16.1. The largest absolute Gasteiger partial charge is 0.366 e. The number of fused-ring (bicyclic) bond motifs is 2. The van der Waals surface area contributed by atoms with Gasteiger partial charge in [0, 0.05) is 0 Å². The van der Waals surface area contributed by atoms with E-state index in [9.17, 15) is 9.59 Å². The third-order valence-electron chi connectivity index (χ3n) is 3.96. The molecule has 4 nitrogen and oxygen atoms in total. The van der Waals surface area contributed by atoms with Crippen molar-refractivity contribution >= 4 is 11.8 Å². The molecule has 2 amide bonds. The van der Waals surface area contributed by atoms with Gasteiger partial charge in [0.15, 0.2) is 0 Å². The number of hydrogen-bond acceptors (Lipinski definition) is 2. The van der Waals surface area contributed by atoms with Gasteiger partial charge in [-0.05, 0) is 47.2 Å². The molecule has 0 aromatic heterocycles. The Morgan fingerprint density at radius 2 is 1.10 bits per heavy atom. The number of carbonyl (C=O) groups is 2. The van der Waals surface area contributed by atoms with Crippen molar-refractivity contribution in [1.29, 1.82) is 0 Å². The summed E-state index contributed by atoms with van der Waals surface area (Å²) < 4.78 is 0. The van der Waals surface area contributed by atoms with E-state index in [1.807, 2.05) is 31.2 Å². The van der Waals surface area contributed by atoms with E-state index in [0.29, 0.717) is 16.7 Å². The number of amides is 2. The molecule has 2 aliphatic carbocycles. The second-order valence-corrected chi connectivity index (χ2v) is 5.06. The predicted octanol–water partition coefficient (Wildman–Crippen LogP) is 2.15. The summed E-state index contributed by atoms with van der Waals surface area (Å²) in [5, 5.41) is 0. The molecule has 0 aliphatic heterocycles. The highest BCUT2D eigenvalue weighted by Gasteiger charge is 2.28. The molecular weight excluding hydrogens is 252 g/mol. The summed E-state index contributed by atoms with van der Waals surface area (Å²) in [6.07, 6.45) is 0. The summed E-state index contributed by atoms with van der Waals surface area (Å²) in [6.45, 7) is 3.61. The average Bonchev–Trinajstić information content (AvgIpc) is 2.54. The Hall–Kier alpha value is -2.62. The molecule has 0 heterocycles. The van der Waals surface area contributed by atoms with Gasteiger partial charge in [0.1, 0.15) is 0 Å². The Labute approximate surface area is 116 Å². The fourth-order valence-electron chi connectivity index (χ4n) is 3.14. The van der Waals surface area contributed by atoms with Crippen LogP contribution in [0.1, 0.15) is 31.8 Å². The van der Waals surface area contributed by atoms with Crippen LogP contribution >= 0.6 is 0 Å². The standard InChI is InChI=1S/C16H14N2O2/c1-7-11-9-3-4-10(6-5-9)12(7)14(16(18)20)8(2)13(11)15(17)19/h3-6H,1-2H3,(H2,17,19)(H2,18,20). The van der Waals surface area contributed by atoms with Crippen molar-refractivity contribution in [1.82, 2.24) is 0 Å². The van der Waals surface area contributed by atoms with Crippen LogP contribution in [-0.4, -0.2) is 11.8 Å². The van der Waals surface area contributed by atoms with Crippen molar-refractivity contribution in [3.05, 3.63) is 46.5 Å². The van der Waals surface area contributed by atoms with Crippen molar-refractivity contribution < 1.29 is 9.59 Å². The maximum absolute atomic E-state index is 11.9. The molecule has 0 fully saturated rings. The van der Waals surface area contributed by atoms with Crippen LogP contribution in [0, 0.1) is 13.8 Å². The predicted molar refractivity (Wildman–Crippen MR) is 77.4 cm³/mol. The van der Waals surface area contributed by atoms with Crippen LogP contribution in [-0.2, 0) is 0 Å². The van der Waals surface area contributed by atoms with Crippen molar-refractivity contribution in [2.75, 3.05) is 0 Å². The molecule has 4 heteroatoms. The number of rotatable bonds is 2. The molecule has 4 N–H and O–H groups in total. The van der Waals surface area contributed by atoms with Gasteiger partial charge in [0.05, 0.1) is 11.1 Å². The van der Waals surface area contributed by atoms with E-state index in [-0.39, 0.29) is 0 Å². The first-order valence-electron chi connectivity index (χ1n) is 6.31. The van der Waals surface area contributed by atoms with Gasteiger partial charge in [-0.1, -0.05) is 24.3 Å². The normalized spacial score (nSPS) is 11.3. The van der Waals surface area contributed by atoms with E-state index in [2.05, 4.69) is 0 Å². The fourth-order valence-corrected chi connectivity index (χ4v) is 3.14. The van der Waals surface area contributed by atoms with Gasteiger partial charge in [-0.3, -0.25) is 9.59 Å². The first kappa shape index (κ1) is 12.4. The molecule has 0 saturated heterocycles. The number of carbonyl (C=O) groups excluding carboxylic acids is 2. The van der Waals surface area contributed by atoms with Crippen LogP contribution in [0.25, 0.3) is 22.3 Å². The zero-order valence-electron chi connectivity index (χ0n) is 11.3. The maximum Gasteiger partial charge on any atom is 0.249 e. The quantitative estimate of drug-likeness (QED) is 0.744. The second-order valence-electron chi connectivity index (χ2n) is 5.06. The lowest BCUT2D eigenvalue weighted by Crippen LogP contribution is -2.21. The number of benzene rings is 2. The lowest BCUT2D eigenvalue weighted by molar-refractivity contribution is 0.0999. The summed E-state index contributed by atoms with van der Waals surface area (Å²) in [7, 11) is 0. The highest BCUT2D eigenvalue weighted by Crippen LogP contribution is 2.43. The van der Waals surface area contributed by atoms with Crippen molar-refractivity contribution in [2.45, 2.75) is 13.8 Å². The van der Waals surface area contributed by atoms with Gasteiger partial charge in [0.25, 0.3) is 0 Å². The molecule has 4 rings (SSSR count). The maximum atomic E-state index is 11.9. The van der Waals surface area contributed by atoms with E-state index < -0.39 is 11.8 Å². The van der Waals surface area contributed by atoms with Gasteiger partial charge in [-0.2, -0.15) is 0 Å². The van der Waals surface area contributed by atoms with Crippen LogP contribution in [0.15, 0.2) is 24.3 Å². The van der Waals surface area contributed by atoms with Crippen molar-refractivity contribution in [3.63, 3.8) is 0 Å². The molecule has 20 heavy (non-hydrogen) atoms. The molecule has 0 atom stereocenters. The summed E-state index contributed by atoms with van der Waals surface area (Å²) in [5.74, 6) is -1.08. The molecular formula is C16H14N2O2. The number of hydrogen-bond donors (Lipinski definition) is 2. The molecule has 2 aliphatic rings. The SMILES string of the molecule is Cc1c(C(N)=O)c2c(C)c(c1C(N)=O)-c1ccc-2cc1. The molecule has 4 bridgehead atoms. The zero-order chi connectivity index (χ0) is 14.6. The third kappa shape index (κ3) is 1.42. The van der Waals surface area contributed by atoms with Crippen LogP contribution in [0.4, 0.5) is 0 Å². The lowest BCUT2D eigenvalue weighted by atomic mass is 9.85. The van der Waals surface area contributed by atoms with Gasteiger partial charge in [-0.15, -0.1) is 0 Å². The van der Waals surface area contributed by atoms with Gasteiger partial charge < -0.3 is 11.5 Å². The number of primary amides is 2. The second kappa shape index (κ2) is 3.93. The molecule has 2 aromatic carbocycles. The Balaban J connectivity index is 2.61. The third-order valence-corrected chi connectivity index (χ3v) is 3.96. The molecule has 100 valence electrons. The average molecular weight is 266 g/mol. The van der Waals surface area contributed by atoms with Crippen molar-refractivity contribution in [2.24, 2.45) is 11.5 Å². The monoisotopic (exact) mass is 266 g/mol. The summed E-state index contributed by atoms with van der Waals surface area (Å²) in [4.78, 5) is 23.7. The fraction of sp³-hybridized carbons (Fsp3) is 0.125. The summed E-state index contributed by atoms with van der Waals surface area (Å²) in [5.41, 5.74) is 16.7. The molecule has 2 aromatic rings. The topological polar surface area (TPSA) is 86.2 Å².